The van der Waals surface area contributed by atoms with Crippen LogP contribution in [0.15, 0.2) is 23.1 Å². The quantitative estimate of drug-likeness (QED) is 0.913. The van der Waals surface area contributed by atoms with Crippen LogP contribution < -0.4 is 4.74 Å². The van der Waals surface area contributed by atoms with Crippen LogP contribution in [0.3, 0.4) is 0 Å². The van der Waals surface area contributed by atoms with E-state index in [4.69, 9.17) is 5.11 Å². The van der Waals surface area contributed by atoms with Crippen LogP contribution in [0.2, 0.25) is 0 Å². The topological polar surface area (TPSA) is 80.7 Å². The van der Waals surface area contributed by atoms with Crippen molar-refractivity contribution < 1.29 is 36.2 Å². The number of hydrogen-bond donors (Lipinski definition) is 1. The SMILES string of the molecule is COc1cc(S(=O)(=O)C(F)(F)F)ccc1C(=O)O. The maximum absolute atomic E-state index is 12.3. The van der Waals surface area contributed by atoms with Gasteiger partial charge in [0.1, 0.15) is 11.3 Å². The predicted octanol–water partition coefficient (Wildman–Crippen LogP) is 1.69. The van der Waals surface area contributed by atoms with Crippen LogP contribution in [0.1, 0.15) is 10.4 Å². The minimum atomic E-state index is -5.52. The molecule has 0 aliphatic rings. The van der Waals surface area contributed by atoms with E-state index in [1.165, 1.54) is 0 Å². The summed E-state index contributed by atoms with van der Waals surface area (Å²) in [6, 6.07) is 1.82. The second-order valence-electron chi connectivity index (χ2n) is 3.12. The van der Waals surface area contributed by atoms with Crippen LogP contribution in [-0.4, -0.2) is 32.1 Å². The standard InChI is InChI=1S/C9H7F3O5S/c1-17-7-4-5(2-3-6(7)8(13)14)18(15,16)9(10,11)12/h2-4H,1H3,(H,13,14). The van der Waals surface area contributed by atoms with E-state index in [9.17, 15) is 26.4 Å². The molecule has 100 valence electrons. The lowest BCUT2D eigenvalue weighted by Crippen LogP contribution is -2.23. The molecule has 0 aliphatic heterocycles. The van der Waals surface area contributed by atoms with Gasteiger partial charge in [0.25, 0.3) is 9.84 Å². The third-order valence-corrected chi connectivity index (χ3v) is 3.50. The lowest BCUT2D eigenvalue weighted by Gasteiger charge is -2.10. The number of sulfone groups is 1. The molecule has 18 heavy (non-hydrogen) atoms. The van der Waals surface area contributed by atoms with E-state index < -0.39 is 37.5 Å². The summed E-state index contributed by atoms with van der Waals surface area (Å²) in [5.41, 5.74) is -5.89. The number of halogens is 3. The van der Waals surface area contributed by atoms with Crippen molar-refractivity contribution in [3.05, 3.63) is 23.8 Å². The van der Waals surface area contributed by atoms with E-state index in [1.807, 2.05) is 0 Å². The highest BCUT2D eigenvalue weighted by Gasteiger charge is 2.47. The summed E-state index contributed by atoms with van der Waals surface area (Å²) < 4.78 is 63.5. The second-order valence-corrected chi connectivity index (χ2v) is 5.06. The number of carboxylic acids is 1. The molecule has 0 saturated heterocycles. The van der Waals surface area contributed by atoms with Crippen molar-refractivity contribution >= 4 is 15.8 Å². The zero-order valence-electron chi connectivity index (χ0n) is 8.85. The summed E-state index contributed by atoms with van der Waals surface area (Å²) in [4.78, 5) is 9.61. The largest absolute Gasteiger partial charge is 0.501 e. The van der Waals surface area contributed by atoms with Crippen molar-refractivity contribution in [1.82, 2.24) is 0 Å². The highest BCUT2D eigenvalue weighted by molar-refractivity contribution is 7.92. The first kappa shape index (κ1) is 14.3. The molecule has 1 aromatic rings. The van der Waals surface area contributed by atoms with Crippen molar-refractivity contribution in [3.63, 3.8) is 0 Å². The van der Waals surface area contributed by atoms with E-state index in [-0.39, 0.29) is 0 Å². The average molecular weight is 284 g/mol. The van der Waals surface area contributed by atoms with Gasteiger partial charge in [-0.3, -0.25) is 0 Å². The Balaban J connectivity index is 3.44. The number of methoxy groups -OCH3 is 1. The monoisotopic (exact) mass is 284 g/mol. The van der Waals surface area contributed by atoms with Gasteiger partial charge in [0.2, 0.25) is 0 Å². The molecule has 0 atom stereocenters. The van der Waals surface area contributed by atoms with E-state index in [0.29, 0.717) is 12.1 Å². The molecule has 0 heterocycles. The molecule has 0 unspecified atom stereocenters. The third kappa shape index (κ3) is 2.40. The molecule has 0 fully saturated rings. The number of aromatic carboxylic acids is 1. The molecule has 9 heteroatoms. The van der Waals surface area contributed by atoms with Crippen LogP contribution in [0.5, 0.6) is 5.75 Å². The van der Waals surface area contributed by atoms with Crippen molar-refractivity contribution in [1.29, 1.82) is 0 Å². The molecule has 0 aromatic heterocycles. The number of ether oxygens (including phenoxy) is 1. The Bertz CT molecular complexity index is 576. The maximum atomic E-state index is 12.3. The summed E-state index contributed by atoms with van der Waals surface area (Å²) in [7, 11) is -4.50. The summed E-state index contributed by atoms with van der Waals surface area (Å²) in [6.07, 6.45) is 0. The first-order chi connectivity index (χ1) is 8.11. The molecule has 0 radical (unpaired) electrons. The summed E-state index contributed by atoms with van der Waals surface area (Å²) >= 11 is 0. The molecule has 5 nitrogen and oxygen atoms in total. The summed E-state index contributed by atoms with van der Waals surface area (Å²) in [5.74, 6) is -1.91. The summed E-state index contributed by atoms with van der Waals surface area (Å²) in [5, 5.41) is 8.70. The fourth-order valence-corrected chi connectivity index (χ4v) is 1.93. The van der Waals surface area contributed by atoms with Crippen molar-refractivity contribution in [2.45, 2.75) is 10.4 Å². The second kappa shape index (κ2) is 4.48. The highest BCUT2D eigenvalue weighted by atomic mass is 32.2. The Morgan fingerprint density at radius 2 is 1.89 bits per heavy atom. The van der Waals surface area contributed by atoms with Crippen molar-refractivity contribution in [2.75, 3.05) is 7.11 Å². The minimum Gasteiger partial charge on any atom is -0.496 e. The zero-order valence-corrected chi connectivity index (χ0v) is 9.67. The lowest BCUT2D eigenvalue weighted by molar-refractivity contribution is -0.0436. The van der Waals surface area contributed by atoms with Crippen LogP contribution in [-0.2, 0) is 9.84 Å². The first-order valence-corrected chi connectivity index (χ1v) is 5.82. The van der Waals surface area contributed by atoms with Crippen LogP contribution in [0.4, 0.5) is 13.2 Å². The number of rotatable bonds is 3. The van der Waals surface area contributed by atoms with Gasteiger partial charge in [0.15, 0.2) is 0 Å². The molecule has 0 saturated carbocycles. The van der Waals surface area contributed by atoms with Crippen LogP contribution >= 0.6 is 0 Å². The van der Waals surface area contributed by atoms with Gasteiger partial charge in [0, 0.05) is 0 Å². The molecular formula is C9H7F3O5S. The highest BCUT2D eigenvalue weighted by Crippen LogP contribution is 2.32. The van der Waals surface area contributed by atoms with Crippen molar-refractivity contribution in [3.8, 4) is 5.75 Å². The molecule has 0 amide bonds. The van der Waals surface area contributed by atoms with Gasteiger partial charge < -0.3 is 9.84 Å². The number of carboxylic acid groups (broad SMARTS) is 1. The Kier molecular flexibility index (Phi) is 3.56. The number of benzene rings is 1. The lowest BCUT2D eigenvalue weighted by atomic mass is 10.2. The van der Waals surface area contributed by atoms with Crippen molar-refractivity contribution in [2.24, 2.45) is 0 Å². The maximum Gasteiger partial charge on any atom is 0.501 e. The normalized spacial score (nSPS) is 12.2. The summed E-state index contributed by atoms with van der Waals surface area (Å²) in [6.45, 7) is 0. The number of alkyl halides is 3. The molecule has 1 aromatic carbocycles. The van der Waals surface area contributed by atoms with E-state index in [0.717, 1.165) is 13.2 Å². The molecule has 0 aliphatic carbocycles. The first-order valence-electron chi connectivity index (χ1n) is 4.34. The van der Waals surface area contributed by atoms with Gasteiger partial charge in [-0.2, -0.15) is 13.2 Å². The average Bonchev–Trinajstić information content (AvgIpc) is 2.26. The fraction of sp³-hybridized carbons (Fsp3) is 0.222. The Labute approximate surface area is 99.7 Å². The minimum absolute atomic E-state index is 0.432. The Morgan fingerprint density at radius 1 is 1.33 bits per heavy atom. The molecule has 1 rings (SSSR count). The smallest absolute Gasteiger partial charge is 0.496 e. The van der Waals surface area contributed by atoms with Gasteiger partial charge in [-0.1, -0.05) is 0 Å². The number of hydrogen-bond acceptors (Lipinski definition) is 4. The molecular weight excluding hydrogens is 277 g/mol. The molecule has 0 bridgehead atoms. The van der Waals surface area contributed by atoms with Crippen LogP contribution in [0, 0.1) is 0 Å². The van der Waals surface area contributed by atoms with Gasteiger partial charge in [-0.15, -0.1) is 0 Å². The van der Waals surface area contributed by atoms with E-state index in [2.05, 4.69) is 4.74 Å². The molecule has 1 N–H and O–H groups in total. The Hall–Kier alpha value is -1.77. The van der Waals surface area contributed by atoms with E-state index in [1.54, 1.807) is 0 Å². The van der Waals surface area contributed by atoms with E-state index >= 15 is 0 Å². The molecule has 0 spiro atoms. The fourth-order valence-electron chi connectivity index (χ4n) is 1.15. The van der Waals surface area contributed by atoms with Gasteiger partial charge in [-0.05, 0) is 18.2 Å². The van der Waals surface area contributed by atoms with Gasteiger partial charge in [-0.25, -0.2) is 13.2 Å². The zero-order chi connectivity index (χ0) is 14.1. The van der Waals surface area contributed by atoms with Gasteiger partial charge in [0.05, 0.1) is 12.0 Å². The Morgan fingerprint density at radius 3 is 2.28 bits per heavy atom. The number of carbonyl (C=O) groups is 1. The predicted molar refractivity (Wildman–Crippen MR) is 53.2 cm³/mol. The van der Waals surface area contributed by atoms with Gasteiger partial charge >= 0.3 is 11.5 Å². The third-order valence-electron chi connectivity index (χ3n) is 2.02. The van der Waals surface area contributed by atoms with Crippen LogP contribution in [0.25, 0.3) is 0 Å².